The Labute approximate surface area is 186 Å². The molecule has 0 aliphatic carbocycles. The molecule has 0 bridgehead atoms. The van der Waals surface area contributed by atoms with E-state index < -0.39 is 5.97 Å². The van der Waals surface area contributed by atoms with Crippen LogP contribution in [0.3, 0.4) is 0 Å². The summed E-state index contributed by atoms with van der Waals surface area (Å²) in [5.74, 6) is 0.677. The van der Waals surface area contributed by atoms with Gasteiger partial charge in [0.25, 0.3) is 0 Å². The third-order valence-electron chi connectivity index (χ3n) is 4.60. The van der Waals surface area contributed by atoms with Crippen molar-refractivity contribution in [2.75, 3.05) is 14.2 Å². The zero-order chi connectivity index (χ0) is 22.8. The number of esters is 1. The number of amides is 1. The highest BCUT2D eigenvalue weighted by molar-refractivity contribution is 5.92. The smallest absolute Gasteiger partial charge is 0.343 e. The van der Waals surface area contributed by atoms with Crippen LogP contribution in [0.5, 0.6) is 17.2 Å². The summed E-state index contributed by atoms with van der Waals surface area (Å²) in [7, 11) is 3.02. The Balaban J connectivity index is 1.50. The molecule has 164 valence electrons. The van der Waals surface area contributed by atoms with E-state index in [1.165, 1.54) is 20.4 Å². The van der Waals surface area contributed by atoms with Gasteiger partial charge in [0.2, 0.25) is 5.91 Å². The average molecular weight is 432 g/mol. The van der Waals surface area contributed by atoms with Gasteiger partial charge in [-0.15, -0.1) is 0 Å². The molecule has 0 radical (unpaired) electrons. The van der Waals surface area contributed by atoms with Crippen molar-refractivity contribution in [1.29, 1.82) is 0 Å². The Morgan fingerprint density at radius 1 is 0.906 bits per heavy atom. The van der Waals surface area contributed by atoms with Crippen LogP contribution in [-0.4, -0.2) is 32.3 Å². The number of nitrogens with one attached hydrogen (secondary N) is 1. The van der Waals surface area contributed by atoms with Crippen molar-refractivity contribution in [3.8, 4) is 17.2 Å². The predicted molar refractivity (Wildman–Crippen MR) is 121 cm³/mol. The molecule has 0 aliphatic rings. The van der Waals surface area contributed by atoms with Crippen LogP contribution in [0.15, 0.2) is 77.9 Å². The van der Waals surface area contributed by atoms with Gasteiger partial charge in [0.05, 0.1) is 26.0 Å². The van der Waals surface area contributed by atoms with Gasteiger partial charge in [-0.1, -0.05) is 30.3 Å². The molecular formula is C25H24N2O5. The molecule has 0 aliphatic heterocycles. The summed E-state index contributed by atoms with van der Waals surface area (Å²) >= 11 is 0. The van der Waals surface area contributed by atoms with Gasteiger partial charge >= 0.3 is 5.97 Å². The normalized spacial score (nSPS) is 10.6. The Morgan fingerprint density at radius 3 is 2.31 bits per heavy atom. The van der Waals surface area contributed by atoms with Crippen molar-refractivity contribution in [3.05, 3.63) is 89.5 Å². The fourth-order valence-electron chi connectivity index (χ4n) is 2.89. The second-order valence-corrected chi connectivity index (χ2v) is 6.81. The zero-order valence-electron chi connectivity index (χ0n) is 17.9. The van der Waals surface area contributed by atoms with E-state index >= 15 is 0 Å². The van der Waals surface area contributed by atoms with Crippen molar-refractivity contribution in [2.45, 2.75) is 12.8 Å². The van der Waals surface area contributed by atoms with E-state index in [2.05, 4.69) is 10.5 Å². The Hall–Kier alpha value is -4.13. The molecule has 0 saturated heterocycles. The number of ether oxygens (including phenoxy) is 3. The highest BCUT2D eigenvalue weighted by Crippen LogP contribution is 2.28. The van der Waals surface area contributed by atoms with Crippen LogP contribution in [0, 0.1) is 0 Å². The van der Waals surface area contributed by atoms with Crippen molar-refractivity contribution in [1.82, 2.24) is 5.43 Å². The molecule has 0 atom stereocenters. The molecule has 7 heteroatoms. The lowest BCUT2D eigenvalue weighted by molar-refractivity contribution is -0.121. The Bertz CT molecular complexity index is 1080. The first-order valence-electron chi connectivity index (χ1n) is 9.99. The number of hydrogen-bond donors (Lipinski definition) is 1. The summed E-state index contributed by atoms with van der Waals surface area (Å²) in [6.45, 7) is 0. The molecule has 0 aromatic heterocycles. The topological polar surface area (TPSA) is 86.2 Å². The van der Waals surface area contributed by atoms with Crippen LogP contribution in [0.4, 0.5) is 0 Å². The van der Waals surface area contributed by atoms with Crippen LogP contribution in [0.25, 0.3) is 0 Å². The van der Waals surface area contributed by atoms with E-state index in [0.717, 1.165) is 11.1 Å². The number of hydrogen-bond acceptors (Lipinski definition) is 6. The molecule has 0 spiro atoms. The SMILES string of the molecule is COc1ccc(C(=O)Oc2ccc(/C=N/NC(=O)CCc3ccccc3)cc2)cc1OC. The minimum Gasteiger partial charge on any atom is -0.493 e. The van der Waals surface area contributed by atoms with Crippen molar-refractivity contribution in [3.63, 3.8) is 0 Å². The third kappa shape index (κ3) is 6.43. The first-order valence-corrected chi connectivity index (χ1v) is 9.99. The molecule has 1 amide bonds. The second-order valence-electron chi connectivity index (χ2n) is 6.81. The number of rotatable bonds is 9. The number of aryl methyl sites for hydroxylation is 1. The first-order chi connectivity index (χ1) is 15.6. The highest BCUT2D eigenvalue weighted by atomic mass is 16.5. The Morgan fingerprint density at radius 2 is 1.62 bits per heavy atom. The van der Waals surface area contributed by atoms with E-state index in [1.54, 1.807) is 42.5 Å². The summed E-state index contributed by atoms with van der Waals surface area (Å²) < 4.78 is 15.8. The average Bonchev–Trinajstić information content (AvgIpc) is 2.84. The molecular weight excluding hydrogens is 408 g/mol. The van der Waals surface area contributed by atoms with Crippen LogP contribution in [0.2, 0.25) is 0 Å². The van der Waals surface area contributed by atoms with E-state index in [0.29, 0.717) is 35.7 Å². The predicted octanol–water partition coefficient (Wildman–Crippen LogP) is 4.01. The maximum atomic E-state index is 12.4. The quantitative estimate of drug-likeness (QED) is 0.239. The zero-order valence-corrected chi connectivity index (χ0v) is 17.9. The molecule has 0 fully saturated rings. The van der Waals surface area contributed by atoms with Gasteiger partial charge in [-0.25, -0.2) is 10.2 Å². The first kappa shape index (κ1) is 22.6. The van der Waals surface area contributed by atoms with E-state index in [-0.39, 0.29) is 5.91 Å². The van der Waals surface area contributed by atoms with E-state index in [4.69, 9.17) is 14.2 Å². The number of carbonyl (C=O) groups excluding carboxylic acids is 2. The summed E-state index contributed by atoms with van der Waals surface area (Å²) in [4.78, 5) is 24.3. The van der Waals surface area contributed by atoms with E-state index in [9.17, 15) is 9.59 Å². The number of hydrazone groups is 1. The summed E-state index contributed by atoms with van der Waals surface area (Å²) in [5.41, 5.74) is 4.70. The third-order valence-corrected chi connectivity index (χ3v) is 4.60. The van der Waals surface area contributed by atoms with Crippen molar-refractivity contribution in [2.24, 2.45) is 5.10 Å². The molecule has 32 heavy (non-hydrogen) atoms. The van der Waals surface area contributed by atoms with Crippen LogP contribution in [0.1, 0.15) is 27.9 Å². The fraction of sp³-hybridized carbons (Fsp3) is 0.160. The molecule has 1 N–H and O–H groups in total. The van der Waals surface area contributed by atoms with Gasteiger partial charge in [0.15, 0.2) is 11.5 Å². The molecule has 3 aromatic rings. The van der Waals surface area contributed by atoms with Crippen LogP contribution < -0.4 is 19.6 Å². The van der Waals surface area contributed by atoms with Crippen molar-refractivity contribution >= 4 is 18.1 Å². The molecule has 3 aromatic carbocycles. The standard InChI is InChI=1S/C25H24N2O5/c1-30-22-14-11-20(16-23(22)31-2)25(29)32-21-12-8-19(9-13-21)17-26-27-24(28)15-10-18-6-4-3-5-7-18/h3-9,11-14,16-17H,10,15H2,1-2H3,(H,27,28)/b26-17+. The van der Waals surface area contributed by atoms with Gasteiger partial charge in [0, 0.05) is 6.42 Å². The number of methoxy groups -OCH3 is 2. The maximum absolute atomic E-state index is 12.4. The number of benzene rings is 3. The molecule has 0 unspecified atom stereocenters. The lowest BCUT2D eigenvalue weighted by atomic mass is 10.1. The number of carbonyl (C=O) groups is 2. The second kappa shape index (κ2) is 11.3. The lowest BCUT2D eigenvalue weighted by Gasteiger charge is -2.09. The lowest BCUT2D eigenvalue weighted by Crippen LogP contribution is -2.17. The van der Waals surface area contributed by atoms with Crippen LogP contribution in [-0.2, 0) is 11.2 Å². The largest absolute Gasteiger partial charge is 0.493 e. The summed E-state index contributed by atoms with van der Waals surface area (Å²) in [6, 6.07) is 21.4. The van der Waals surface area contributed by atoms with Gasteiger partial charge in [-0.05, 0) is 60.0 Å². The molecule has 7 nitrogen and oxygen atoms in total. The number of nitrogens with zero attached hydrogens (tertiary/aromatic N) is 1. The van der Waals surface area contributed by atoms with Gasteiger partial charge < -0.3 is 14.2 Å². The summed E-state index contributed by atoms with van der Waals surface area (Å²) in [5, 5.41) is 3.97. The monoisotopic (exact) mass is 432 g/mol. The molecule has 0 saturated carbocycles. The fourth-order valence-corrected chi connectivity index (χ4v) is 2.89. The maximum Gasteiger partial charge on any atom is 0.343 e. The van der Waals surface area contributed by atoms with Gasteiger partial charge in [-0.2, -0.15) is 5.10 Å². The van der Waals surface area contributed by atoms with Crippen LogP contribution >= 0.6 is 0 Å². The van der Waals surface area contributed by atoms with E-state index in [1.807, 2.05) is 30.3 Å². The van der Waals surface area contributed by atoms with Crippen molar-refractivity contribution < 1.29 is 23.8 Å². The van der Waals surface area contributed by atoms with Gasteiger partial charge in [0.1, 0.15) is 5.75 Å². The Kier molecular flexibility index (Phi) is 7.97. The summed E-state index contributed by atoms with van der Waals surface area (Å²) in [6.07, 6.45) is 2.54. The molecule has 3 rings (SSSR count). The van der Waals surface area contributed by atoms with Gasteiger partial charge in [-0.3, -0.25) is 4.79 Å². The minimum absolute atomic E-state index is 0.162. The minimum atomic E-state index is -0.516. The highest BCUT2D eigenvalue weighted by Gasteiger charge is 2.13. The molecule has 0 heterocycles.